The third kappa shape index (κ3) is 2.35. The predicted molar refractivity (Wildman–Crippen MR) is 65.7 cm³/mol. The number of hydrogen-bond donors (Lipinski definition) is 5. The van der Waals surface area contributed by atoms with Crippen molar-refractivity contribution < 1.29 is 35.1 Å². The summed E-state index contributed by atoms with van der Waals surface area (Å²) in [5.74, 6) is -0.869. The molecule has 7 heteroatoms. The Morgan fingerprint density at radius 2 is 1.75 bits per heavy atom. The van der Waals surface area contributed by atoms with Crippen LogP contribution in [0, 0.1) is 0 Å². The van der Waals surface area contributed by atoms with E-state index in [0.717, 1.165) is 0 Å². The molecular formula is C13H16O7. The van der Waals surface area contributed by atoms with E-state index >= 15 is 0 Å². The second-order valence-corrected chi connectivity index (χ2v) is 4.71. The quantitative estimate of drug-likeness (QED) is 0.406. The lowest BCUT2D eigenvalue weighted by molar-refractivity contribution is -0.169. The van der Waals surface area contributed by atoms with E-state index in [9.17, 15) is 30.3 Å². The van der Waals surface area contributed by atoms with Crippen LogP contribution in [0.5, 0.6) is 0 Å². The summed E-state index contributed by atoms with van der Waals surface area (Å²) in [6, 6.07) is 7.67. The standard InChI is InChI=1S/C13H16O7/c14-6-13(19,10(17)7-4-2-1-3-5-7)11-8(15)9(16)12(18)20-11/h1-5,8-9,11-12,14-16,18-19H,6H2/t8-,9+,11-,12-,13+/m0/s1. The van der Waals surface area contributed by atoms with Crippen LogP contribution < -0.4 is 0 Å². The molecule has 1 aromatic rings. The fourth-order valence-corrected chi connectivity index (χ4v) is 2.18. The first kappa shape index (κ1) is 15.0. The summed E-state index contributed by atoms with van der Waals surface area (Å²) in [5, 5.41) is 48.1. The Bertz CT molecular complexity index is 477. The van der Waals surface area contributed by atoms with E-state index in [1.54, 1.807) is 18.2 Å². The molecule has 2 rings (SSSR count). The van der Waals surface area contributed by atoms with Gasteiger partial charge < -0.3 is 30.3 Å². The van der Waals surface area contributed by atoms with Crippen LogP contribution in [0.2, 0.25) is 0 Å². The maximum absolute atomic E-state index is 12.3. The Morgan fingerprint density at radius 3 is 2.20 bits per heavy atom. The molecule has 1 heterocycles. The fraction of sp³-hybridized carbons (Fsp3) is 0.462. The highest BCUT2D eigenvalue weighted by molar-refractivity contribution is 6.03. The van der Waals surface area contributed by atoms with Gasteiger partial charge in [-0.15, -0.1) is 0 Å². The van der Waals surface area contributed by atoms with Gasteiger partial charge in [-0.1, -0.05) is 30.3 Å². The second-order valence-electron chi connectivity index (χ2n) is 4.71. The lowest BCUT2D eigenvalue weighted by atomic mass is 9.85. The molecule has 1 aromatic carbocycles. The third-order valence-electron chi connectivity index (χ3n) is 3.38. The molecule has 0 radical (unpaired) electrons. The number of aliphatic hydroxyl groups is 5. The van der Waals surface area contributed by atoms with E-state index in [4.69, 9.17) is 4.74 Å². The highest BCUT2D eigenvalue weighted by atomic mass is 16.7. The van der Waals surface area contributed by atoms with Crippen LogP contribution in [0.25, 0.3) is 0 Å². The highest BCUT2D eigenvalue weighted by Crippen LogP contribution is 2.30. The van der Waals surface area contributed by atoms with Gasteiger partial charge in [0.25, 0.3) is 0 Å². The molecule has 0 amide bonds. The zero-order chi connectivity index (χ0) is 14.9. The number of ether oxygens (including phenoxy) is 1. The number of ketones is 1. The van der Waals surface area contributed by atoms with E-state index in [1.807, 2.05) is 0 Å². The first-order chi connectivity index (χ1) is 9.41. The van der Waals surface area contributed by atoms with Crippen molar-refractivity contribution in [3.63, 3.8) is 0 Å². The molecule has 1 aliphatic heterocycles. The summed E-state index contributed by atoms with van der Waals surface area (Å²) >= 11 is 0. The average molecular weight is 284 g/mol. The van der Waals surface area contributed by atoms with Crippen LogP contribution in [0.15, 0.2) is 30.3 Å². The average Bonchev–Trinajstić information content (AvgIpc) is 2.74. The van der Waals surface area contributed by atoms with Gasteiger partial charge >= 0.3 is 0 Å². The molecule has 0 bridgehead atoms. The number of Topliss-reactive ketones (excluding diaryl/α,β-unsaturated/α-hetero) is 1. The summed E-state index contributed by atoms with van der Waals surface area (Å²) in [6.07, 6.45) is -6.74. The molecule has 0 aliphatic carbocycles. The molecule has 1 fully saturated rings. The van der Waals surface area contributed by atoms with Gasteiger partial charge in [0.15, 0.2) is 17.7 Å². The highest BCUT2D eigenvalue weighted by Gasteiger charge is 2.56. The van der Waals surface area contributed by atoms with E-state index in [2.05, 4.69) is 0 Å². The monoisotopic (exact) mass is 284 g/mol. The Morgan fingerprint density at radius 1 is 1.15 bits per heavy atom. The Labute approximate surface area is 114 Å². The van der Waals surface area contributed by atoms with Crippen molar-refractivity contribution in [1.29, 1.82) is 0 Å². The maximum Gasteiger partial charge on any atom is 0.199 e. The number of aliphatic hydroxyl groups excluding tert-OH is 4. The number of rotatable bonds is 4. The van der Waals surface area contributed by atoms with Crippen molar-refractivity contribution in [2.75, 3.05) is 6.61 Å². The predicted octanol–water partition coefficient (Wildman–Crippen LogP) is -1.97. The molecule has 20 heavy (non-hydrogen) atoms. The van der Waals surface area contributed by atoms with Gasteiger partial charge in [0.05, 0.1) is 6.61 Å². The van der Waals surface area contributed by atoms with Gasteiger partial charge in [0.1, 0.15) is 18.3 Å². The first-order valence-corrected chi connectivity index (χ1v) is 6.04. The Balaban J connectivity index is 2.32. The zero-order valence-corrected chi connectivity index (χ0v) is 10.5. The summed E-state index contributed by atoms with van der Waals surface area (Å²) in [6.45, 7) is -1.03. The minimum absolute atomic E-state index is 0.107. The topological polar surface area (TPSA) is 127 Å². The number of benzene rings is 1. The molecule has 110 valence electrons. The molecule has 1 saturated heterocycles. The Kier molecular flexibility index (Phi) is 4.19. The van der Waals surface area contributed by atoms with Crippen molar-refractivity contribution in [3.05, 3.63) is 35.9 Å². The van der Waals surface area contributed by atoms with Gasteiger partial charge in [-0.3, -0.25) is 4.79 Å². The zero-order valence-electron chi connectivity index (χ0n) is 10.5. The van der Waals surface area contributed by atoms with E-state index in [-0.39, 0.29) is 5.56 Å². The molecule has 0 saturated carbocycles. The molecule has 7 nitrogen and oxygen atoms in total. The van der Waals surface area contributed by atoms with Crippen LogP contribution in [-0.2, 0) is 4.74 Å². The molecule has 5 N–H and O–H groups in total. The number of carbonyl (C=O) groups excluding carboxylic acids is 1. The molecule has 1 aliphatic rings. The molecular weight excluding hydrogens is 268 g/mol. The van der Waals surface area contributed by atoms with Crippen molar-refractivity contribution in [3.8, 4) is 0 Å². The van der Waals surface area contributed by atoms with Crippen molar-refractivity contribution in [2.24, 2.45) is 0 Å². The fourth-order valence-electron chi connectivity index (χ4n) is 2.18. The van der Waals surface area contributed by atoms with Crippen LogP contribution in [-0.4, -0.2) is 68.1 Å². The maximum atomic E-state index is 12.3. The van der Waals surface area contributed by atoms with Crippen molar-refractivity contribution in [1.82, 2.24) is 0 Å². The number of carbonyl (C=O) groups is 1. The lowest BCUT2D eigenvalue weighted by Gasteiger charge is -2.31. The number of hydrogen-bond acceptors (Lipinski definition) is 7. The molecule has 0 aromatic heterocycles. The molecule has 0 unspecified atom stereocenters. The van der Waals surface area contributed by atoms with Crippen LogP contribution in [0.4, 0.5) is 0 Å². The van der Waals surface area contributed by atoms with Crippen LogP contribution in [0.3, 0.4) is 0 Å². The van der Waals surface area contributed by atoms with Gasteiger partial charge in [-0.05, 0) is 0 Å². The minimum Gasteiger partial charge on any atom is -0.393 e. The largest absolute Gasteiger partial charge is 0.393 e. The normalized spacial score (nSPS) is 32.9. The second kappa shape index (κ2) is 5.57. The first-order valence-electron chi connectivity index (χ1n) is 6.04. The summed E-state index contributed by atoms with van der Waals surface area (Å²) in [5.41, 5.74) is -2.35. The van der Waals surface area contributed by atoms with Crippen molar-refractivity contribution >= 4 is 5.78 Å². The SMILES string of the molecule is O=C(c1ccccc1)[C@](O)(CO)[C@H]1O[C@H](O)[C@H](O)[C@@H]1O. The van der Waals surface area contributed by atoms with Gasteiger partial charge in [-0.25, -0.2) is 0 Å². The summed E-state index contributed by atoms with van der Waals surface area (Å²) in [7, 11) is 0. The van der Waals surface area contributed by atoms with E-state index in [1.165, 1.54) is 12.1 Å². The van der Waals surface area contributed by atoms with Crippen LogP contribution in [0.1, 0.15) is 10.4 Å². The molecule has 5 atom stereocenters. The molecule has 0 spiro atoms. The van der Waals surface area contributed by atoms with Crippen LogP contribution >= 0.6 is 0 Å². The third-order valence-corrected chi connectivity index (χ3v) is 3.38. The smallest absolute Gasteiger partial charge is 0.199 e. The minimum atomic E-state index is -2.46. The lowest BCUT2D eigenvalue weighted by Crippen LogP contribution is -2.57. The van der Waals surface area contributed by atoms with E-state index < -0.39 is 42.6 Å². The van der Waals surface area contributed by atoms with E-state index in [0.29, 0.717) is 0 Å². The van der Waals surface area contributed by atoms with Crippen molar-refractivity contribution in [2.45, 2.75) is 30.2 Å². The van der Waals surface area contributed by atoms with Gasteiger partial charge in [0, 0.05) is 5.56 Å². The van der Waals surface area contributed by atoms with Gasteiger partial charge in [0.2, 0.25) is 0 Å². The van der Waals surface area contributed by atoms with Gasteiger partial charge in [-0.2, -0.15) is 0 Å². The Hall–Kier alpha value is -1.35. The summed E-state index contributed by atoms with van der Waals surface area (Å²) in [4.78, 5) is 12.3. The summed E-state index contributed by atoms with van der Waals surface area (Å²) < 4.78 is 4.81.